The molecule has 1 saturated heterocycles. The lowest BCUT2D eigenvalue weighted by Gasteiger charge is -2.31. The lowest BCUT2D eigenvalue weighted by molar-refractivity contribution is 0.477. The number of hydrogen-bond acceptors (Lipinski definition) is 5. The molecule has 1 aromatic heterocycles. The second-order valence-electron chi connectivity index (χ2n) is 4.53. The average Bonchev–Trinajstić information content (AvgIpc) is 2.89. The van der Waals surface area contributed by atoms with E-state index in [1.165, 1.54) is 0 Å². The minimum absolute atomic E-state index is 0.458. The molecule has 0 amide bonds. The molecule has 1 aliphatic rings. The van der Waals surface area contributed by atoms with E-state index in [2.05, 4.69) is 32.7 Å². The van der Waals surface area contributed by atoms with E-state index in [-0.39, 0.29) is 0 Å². The Kier molecular flexibility index (Phi) is 2.93. The molecule has 2 aromatic rings. The maximum absolute atomic E-state index is 4.15. The highest BCUT2D eigenvalue weighted by atomic mass is 15.6. The Balaban J connectivity index is 1.92. The zero-order chi connectivity index (χ0) is 12.4. The maximum Gasteiger partial charge on any atom is 0.250 e. The molecule has 0 saturated carbocycles. The van der Waals surface area contributed by atoms with Gasteiger partial charge >= 0.3 is 0 Å². The monoisotopic (exact) mass is 244 g/mol. The Bertz CT molecular complexity index is 508. The Labute approximate surface area is 106 Å². The van der Waals surface area contributed by atoms with Crippen LogP contribution in [0.5, 0.6) is 0 Å². The van der Waals surface area contributed by atoms with Crippen molar-refractivity contribution < 1.29 is 0 Å². The van der Waals surface area contributed by atoms with E-state index in [9.17, 15) is 0 Å². The van der Waals surface area contributed by atoms with Gasteiger partial charge in [-0.3, -0.25) is 0 Å². The van der Waals surface area contributed by atoms with Crippen LogP contribution in [0.2, 0.25) is 0 Å². The maximum atomic E-state index is 4.15. The molecule has 94 valence electrons. The van der Waals surface area contributed by atoms with Crippen molar-refractivity contribution in [1.82, 2.24) is 25.5 Å². The van der Waals surface area contributed by atoms with Crippen LogP contribution in [0.4, 0.5) is 5.95 Å². The molecule has 1 unspecified atom stereocenters. The summed E-state index contributed by atoms with van der Waals surface area (Å²) in [6.45, 7) is 4.98. The van der Waals surface area contributed by atoms with E-state index >= 15 is 0 Å². The van der Waals surface area contributed by atoms with Crippen molar-refractivity contribution in [2.24, 2.45) is 0 Å². The van der Waals surface area contributed by atoms with Crippen molar-refractivity contribution in [2.45, 2.75) is 13.0 Å². The van der Waals surface area contributed by atoms with Crippen LogP contribution in [0, 0.1) is 0 Å². The number of nitrogens with one attached hydrogen (secondary N) is 1. The van der Waals surface area contributed by atoms with Crippen molar-refractivity contribution >= 4 is 5.95 Å². The van der Waals surface area contributed by atoms with Crippen LogP contribution in [-0.4, -0.2) is 45.9 Å². The molecule has 1 fully saturated rings. The van der Waals surface area contributed by atoms with Crippen LogP contribution >= 0.6 is 0 Å². The number of hydrogen-bond donors (Lipinski definition) is 1. The molecule has 18 heavy (non-hydrogen) atoms. The lowest BCUT2D eigenvalue weighted by Crippen LogP contribution is -2.50. The summed E-state index contributed by atoms with van der Waals surface area (Å²) in [5.41, 5.74) is 0.990. The Hall–Kier alpha value is -1.95. The molecule has 0 aliphatic carbocycles. The molecule has 0 bridgehead atoms. The largest absolute Gasteiger partial charge is 0.337 e. The number of anilines is 1. The summed E-state index contributed by atoms with van der Waals surface area (Å²) >= 11 is 0. The number of aromatic nitrogens is 4. The van der Waals surface area contributed by atoms with Gasteiger partial charge in [0.25, 0.3) is 0 Å². The third-order valence-corrected chi connectivity index (χ3v) is 3.11. The summed E-state index contributed by atoms with van der Waals surface area (Å²) < 4.78 is 1.79. The van der Waals surface area contributed by atoms with Crippen LogP contribution in [0.25, 0.3) is 5.69 Å². The van der Waals surface area contributed by atoms with Gasteiger partial charge in [0.05, 0.1) is 5.69 Å². The first kappa shape index (κ1) is 11.2. The number of nitrogens with zero attached hydrogens (tertiary/aromatic N) is 5. The smallest absolute Gasteiger partial charge is 0.250 e. The lowest BCUT2D eigenvalue weighted by atomic mass is 10.2. The molecule has 6 heteroatoms. The summed E-state index contributed by atoms with van der Waals surface area (Å²) in [6, 6.07) is 10.4. The van der Waals surface area contributed by atoms with Crippen molar-refractivity contribution in [1.29, 1.82) is 0 Å². The van der Waals surface area contributed by atoms with Gasteiger partial charge in [-0.05, 0) is 29.5 Å². The number of benzene rings is 1. The predicted molar refractivity (Wildman–Crippen MR) is 68.8 cm³/mol. The highest BCUT2D eigenvalue weighted by molar-refractivity contribution is 5.41. The van der Waals surface area contributed by atoms with Gasteiger partial charge in [-0.2, -0.15) is 4.68 Å². The molecule has 1 atom stereocenters. The zero-order valence-corrected chi connectivity index (χ0v) is 10.3. The van der Waals surface area contributed by atoms with Gasteiger partial charge in [0.2, 0.25) is 5.95 Å². The molecular weight excluding hydrogens is 228 g/mol. The molecule has 0 radical (unpaired) electrons. The summed E-state index contributed by atoms with van der Waals surface area (Å²) in [4.78, 5) is 2.22. The Morgan fingerprint density at radius 3 is 2.89 bits per heavy atom. The third-order valence-electron chi connectivity index (χ3n) is 3.11. The molecule has 2 heterocycles. The van der Waals surface area contributed by atoms with E-state index in [1.54, 1.807) is 4.68 Å². The minimum atomic E-state index is 0.458. The van der Waals surface area contributed by atoms with Gasteiger partial charge < -0.3 is 10.2 Å². The van der Waals surface area contributed by atoms with Crippen molar-refractivity contribution in [2.75, 3.05) is 24.5 Å². The first-order valence-corrected chi connectivity index (χ1v) is 6.17. The molecule has 1 aromatic carbocycles. The minimum Gasteiger partial charge on any atom is -0.337 e. The number of tetrazole rings is 1. The van der Waals surface area contributed by atoms with Crippen LogP contribution in [-0.2, 0) is 0 Å². The van der Waals surface area contributed by atoms with Gasteiger partial charge in [-0.1, -0.05) is 23.3 Å². The second kappa shape index (κ2) is 4.73. The first-order chi connectivity index (χ1) is 8.84. The fraction of sp³-hybridized carbons (Fsp3) is 0.417. The summed E-state index contributed by atoms with van der Waals surface area (Å²) in [5, 5.41) is 15.4. The average molecular weight is 244 g/mol. The Morgan fingerprint density at radius 2 is 2.11 bits per heavy atom. The number of rotatable bonds is 2. The van der Waals surface area contributed by atoms with Gasteiger partial charge in [-0.25, -0.2) is 0 Å². The fourth-order valence-electron chi connectivity index (χ4n) is 2.23. The molecule has 3 rings (SSSR count). The van der Waals surface area contributed by atoms with Gasteiger partial charge in [0, 0.05) is 25.7 Å². The van der Waals surface area contributed by atoms with Crippen molar-refractivity contribution in [3.63, 3.8) is 0 Å². The summed E-state index contributed by atoms with van der Waals surface area (Å²) in [7, 11) is 0. The third kappa shape index (κ3) is 2.06. The fourth-order valence-corrected chi connectivity index (χ4v) is 2.23. The first-order valence-electron chi connectivity index (χ1n) is 6.17. The van der Waals surface area contributed by atoms with Crippen LogP contribution in [0.15, 0.2) is 30.3 Å². The summed E-state index contributed by atoms with van der Waals surface area (Å²) in [6.07, 6.45) is 0. The quantitative estimate of drug-likeness (QED) is 0.831. The van der Waals surface area contributed by atoms with E-state index in [0.717, 1.165) is 31.3 Å². The van der Waals surface area contributed by atoms with Gasteiger partial charge in [0.1, 0.15) is 0 Å². The molecular formula is C12H16N6. The number of para-hydroxylation sites is 1. The zero-order valence-electron chi connectivity index (χ0n) is 10.3. The van der Waals surface area contributed by atoms with Crippen molar-refractivity contribution in [3.8, 4) is 5.69 Å². The Morgan fingerprint density at radius 1 is 1.28 bits per heavy atom. The molecule has 0 spiro atoms. The standard InChI is InChI=1S/C12H16N6/c1-10-9-17(8-7-13-10)12-14-15-16-18(12)11-5-3-2-4-6-11/h2-6,10,13H,7-9H2,1H3. The molecule has 1 aliphatic heterocycles. The van der Waals surface area contributed by atoms with Crippen molar-refractivity contribution in [3.05, 3.63) is 30.3 Å². The highest BCUT2D eigenvalue weighted by Gasteiger charge is 2.21. The van der Waals surface area contributed by atoms with Gasteiger partial charge in [0.15, 0.2) is 0 Å². The van der Waals surface area contributed by atoms with E-state index < -0.39 is 0 Å². The molecule has 6 nitrogen and oxygen atoms in total. The number of piperazine rings is 1. The van der Waals surface area contributed by atoms with Crippen LogP contribution < -0.4 is 10.2 Å². The van der Waals surface area contributed by atoms with E-state index in [1.807, 2.05) is 30.3 Å². The summed E-state index contributed by atoms with van der Waals surface area (Å²) in [5.74, 6) is 0.814. The second-order valence-corrected chi connectivity index (χ2v) is 4.53. The van der Waals surface area contributed by atoms with Gasteiger partial charge in [-0.15, -0.1) is 0 Å². The van der Waals surface area contributed by atoms with E-state index in [4.69, 9.17) is 0 Å². The van der Waals surface area contributed by atoms with E-state index in [0.29, 0.717) is 6.04 Å². The molecule has 1 N–H and O–H groups in total. The normalized spacial score (nSPS) is 20.1. The van der Waals surface area contributed by atoms with Crippen LogP contribution in [0.1, 0.15) is 6.92 Å². The van der Waals surface area contributed by atoms with Crippen LogP contribution in [0.3, 0.4) is 0 Å². The topological polar surface area (TPSA) is 58.9 Å². The SMILES string of the molecule is CC1CN(c2nnnn2-c2ccccc2)CCN1. The predicted octanol–water partition coefficient (Wildman–Crippen LogP) is 0.460. The highest BCUT2D eigenvalue weighted by Crippen LogP contribution is 2.16.